The predicted octanol–water partition coefficient (Wildman–Crippen LogP) is 3.56. The highest BCUT2D eigenvalue weighted by molar-refractivity contribution is 7.09. The van der Waals surface area contributed by atoms with Crippen LogP contribution in [0, 0.1) is 0 Å². The fourth-order valence-electron chi connectivity index (χ4n) is 2.54. The van der Waals surface area contributed by atoms with Crippen molar-refractivity contribution in [3.63, 3.8) is 0 Å². The van der Waals surface area contributed by atoms with Crippen molar-refractivity contribution in [2.45, 2.75) is 13.2 Å². The van der Waals surface area contributed by atoms with Crippen molar-refractivity contribution in [3.05, 3.63) is 70.5 Å². The van der Waals surface area contributed by atoms with Gasteiger partial charge in [-0.2, -0.15) is 0 Å². The second-order valence-corrected chi connectivity index (χ2v) is 6.45. The zero-order valence-corrected chi connectivity index (χ0v) is 13.7. The van der Waals surface area contributed by atoms with Crippen LogP contribution >= 0.6 is 11.3 Å². The van der Waals surface area contributed by atoms with Crippen molar-refractivity contribution in [2.75, 3.05) is 5.32 Å². The van der Waals surface area contributed by atoms with E-state index in [1.54, 1.807) is 11.3 Å². The summed E-state index contributed by atoms with van der Waals surface area (Å²) in [5, 5.41) is 19.2. The molecule has 0 saturated heterocycles. The van der Waals surface area contributed by atoms with Crippen LogP contribution in [-0.2, 0) is 13.2 Å². The van der Waals surface area contributed by atoms with E-state index in [-0.39, 0.29) is 6.61 Å². The Morgan fingerprint density at radius 3 is 2.71 bits per heavy atom. The lowest BCUT2D eigenvalue weighted by Gasteiger charge is -2.06. The molecule has 0 amide bonds. The van der Waals surface area contributed by atoms with Gasteiger partial charge in [0, 0.05) is 10.4 Å². The molecule has 1 aromatic carbocycles. The fourth-order valence-corrected chi connectivity index (χ4v) is 3.18. The van der Waals surface area contributed by atoms with E-state index < -0.39 is 0 Å². The van der Waals surface area contributed by atoms with Crippen molar-refractivity contribution in [2.24, 2.45) is 0 Å². The number of imidazole rings is 1. The normalized spacial score (nSPS) is 11.0. The zero-order valence-electron chi connectivity index (χ0n) is 12.9. The van der Waals surface area contributed by atoms with Crippen LogP contribution in [0.2, 0.25) is 0 Å². The molecule has 0 aliphatic rings. The third-order valence-electron chi connectivity index (χ3n) is 3.82. The minimum atomic E-state index is 0.0441. The van der Waals surface area contributed by atoms with Crippen LogP contribution in [0.4, 0.5) is 5.82 Å². The number of hydrogen-bond acceptors (Lipinski definition) is 5. The monoisotopic (exact) mass is 336 g/mol. The molecule has 3 heterocycles. The highest BCUT2D eigenvalue weighted by Crippen LogP contribution is 2.21. The van der Waals surface area contributed by atoms with Gasteiger partial charge in [-0.1, -0.05) is 30.3 Å². The topological polar surface area (TPSA) is 62.5 Å². The maximum Gasteiger partial charge on any atom is 0.154 e. The molecule has 4 rings (SSSR count). The number of rotatable bonds is 5. The third kappa shape index (κ3) is 2.89. The van der Waals surface area contributed by atoms with E-state index in [2.05, 4.69) is 26.8 Å². The Labute approximate surface area is 143 Å². The Bertz CT molecular complexity index is 945. The Morgan fingerprint density at radius 2 is 1.96 bits per heavy atom. The number of benzene rings is 1. The molecule has 6 heteroatoms. The summed E-state index contributed by atoms with van der Waals surface area (Å²) in [5.41, 5.74) is 3.63. The predicted molar refractivity (Wildman–Crippen MR) is 96.0 cm³/mol. The average molecular weight is 336 g/mol. The summed E-state index contributed by atoms with van der Waals surface area (Å²) in [6.07, 6.45) is 1.82. The van der Waals surface area contributed by atoms with Crippen molar-refractivity contribution < 1.29 is 5.11 Å². The number of fused-ring (bicyclic) bond motifs is 1. The molecule has 5 nitrogen and oxygen atoms in total. The number of thiophene rings is 1. The highest BCUT2D eigenvalue weighted by Gasteiger charge is 2.08. The van der Waals surface area contributed by atoms with Gasteiger partial charge in [0.1, 0.15) is 5.82 Å². The molecule has 0 unspecified atom stereocenters. The number of anilines is 1. The van der Waals surface area contributed by atoms with Gasteiger partial charge in [0.25, 0.3) is 0 Å². The molecular formula is C18H16N4OS. The summed E-state index contributed by atoms with van der Waals surface area (Å²) in [6.45, 7) is 0.799. The first-order valence-corrected chi connectivity index (χ1v) is 8.53. The summed E-state index contributed by atoms with van der Waals surface area (Å²) in [5.74, 6) is 0.808. The maximum atomic E-state index is 9.17. The minimum Gasteiger partial charge on any atom is -0.392 e. The number of hydrogen-bond donors (Lipinski definition) is 2. The quantitative estimate of drug-likeness (QED) is 0.585. The molecule has 4 aromatic rings. The Balaban J connectivity index is 1.64. The molecule has 3 aromatic heterocycles. The zero-order chi connectivity index (χ0) is 16.4. The van der Waals surface area contributed by atoms with E-state index in [1.807, 2.05) is 53.2 Å². The molecule has 0 saturated carbocycles. The lowest BCUT2D eigenvalue weighted by atomic mass is 10.1. The van der Waals surface area contributed by atoms with Crippen LogP contribution in [0.1, 0.15) is 10.4 Å². The highest BCUT2D eigenvalue weighted by atomic mass is 32.1. The summed E-state index contributed by atoms with van der Waals surface area (Å²) in [6, 6.07) is 15.8. The van der Waals surface area contributed by atoms with Crippen LogP contribution in [0.5, 0.6) is 0 Å². The van der Waals surface area contributed by atoms with Gasteiger partial charge in [-0.3, -0.25) is 0 Å². The van der Waals surface area contributed by atoms with Gasteiger partial charge < -0.3 is 10.4 Å². The van der Waals surface area contributed by atoms with Gasteiger partial charge in [0.05, 0.1) is 25.0 Å². The van der Waals surface area contributed by atoms with Crippen molar-refractivity contribution in [1.82, 2.24) is 14.6 Å². The number of aliphatic hydroxyl groups is 1. The molecule has 0 aliphatic heterocycles. The largest absolute Gasteiger partial charge is 0.392 e. The van der Waals surface area contributed by atoms with Gasteiger partial charge in [-0.25, -0.2) is 9.50 Å². The van der Waals surface area contributed by atoms with Crippen LogP contribution in [0.3, 0.4) is 0 Å². The Kier molecular flexibility index (Phi) is 3.98. The molecule has 2 N–H and O–H groups in total. The molecule has 0 radical (unpaired) electrons. The fraction of sp³-hybridized carbons (Fsp3) is 0.111. The molecule has 0 aliphatic carbocycles. The van der Waals surface area contributed by atoms with Crippen LogP contribution in [0.15, 0.2) is 60.1 Å². The first-order valence-electron chi connectivity index (χ1n) is 7.65. The molecule has 120 valence electrons. The number of nitrogens with one attached hydrogen (secondary N) is 1. The van der Waals surface area contributed by atoms with Gasteiger partial charge in [-0.15, -0.1) is 16.4 Å². The van der Waals surface area contributed by atoms with Gasteiger partial charge in [0.2, 0.25) is 0 Å². The van der Waals surface area contributed by atoms with E-state index in [0.717, 1.165) is 34.8 Å². The first kappa shape index (κ1) is 14.9. The second kappa shape index (κ2) is 6.43. The summed E-state index contributed by atoms with van der Waals surface area (Å²) >= 11 is 1.72. The van der Waals surface area contributed by atoms with E-state index in [0.29, 0.717) is 0 Å². The van der Waals surface area contributed by atoms with Crippen LogP contribution in [0.25, 0.3) is 16.9 Å². The SMILES string of the molecule is OCc1ccc(-c2cnc3ccc(NCc4cccs4)nn23)cc1. The first-order chi connectivity index (χ1) is 11.8. The average Bonchev–Trinajstić information content (AvgIpc) is 3.29. The third-order valence-corrected chi connectivity index (χ3v) is 4.69. The van der Waals surface area contributed by atoms with Crippen LogP contribution in [-0.4, -0.2) is 19.7 Å². The van der Waals surface area contributed by atoms with E-state index in [1.165, 1.54) is 4.88 Å². The van der Waals surface area contributed by atoms with Crippen molar-refractivity contribution >= 4 is 22.8 Å². The van der Waals surface area contributed by atoms with E-state index in [9.17, 15) is 0 Å². The minimum absolute atomic E-state index is 0.0441. The van der Waals surface area contributed by atoms with Gasteiger partial charge in [0.15, 0.2) is 5.65 Å². The second-order valence-electron chi connectivity index (χ2n) is 5.42. The van der Waals surface area contributed by atoms with Gasteiger partial charge in [-0.05, 0) is 29.1 Å². The molecular weight excluding hydrogens is 320 g/mol. The molecule has 24 heavy (non-hydrogen) atoms. The molecule has 0 spiro atoms. The van der Waals surface area contributed by atoms with Crippen LogP contribution < -0.4 is 5.32 Å². The summed E-state index contributed by atoms with van der Waals surface area (Å²) in [7, 11) is 0. The maximum absolute atomic E-state index is 9.17. The van der Waals surface area contributed by atoms with Gasteiger partial charge >= 0.3 is 0 Å². The lowest BCUT2D eigenvalue weighted by Crippen LogP contribution is -2.03. The van der Waals surface area contributed by atoms with Crippen molar-refractivity contribution in [3.8, 4) is 11.3 Å². The molecule has 0 bridgehead atoms. The summed E-state index contributed by atoms with van der Waals surface area (Å²) in [4.78, 5) is 5.68. The van der Waals surface area contributed by atoms with E-state index in [4.69, 9.17) is 5.11 Å². The molecule has 0 fully saturated rings. The number of nitrogens with zero attached hydrogens (tertiary/aromatic N) is 3. The van der Waals surface area contributed by atoms with Crippen molar-refractivity contribution in [1.29, 1.82) is 0 Å². The van der Waals surface area contributed by atoms with E-state index >= 15 is 0 Å². The standard InChI is InChI=1S/C18H16N4OS/c23-12-13-3-5-14(6-4-13)16-11-20-18-8-7-17(21-22(16)18)19-10-15-2-1-9-24-15/h1-9,11,23H,10,12H2,(H,19,21). The smallest absolute Gasteiger partial charge is 0.154 e. The Morgan fingerprint density at radius 1 is 1.08 bits per heavy atom. The number of aromatic nitrogens is 3. The summed E-state index contributed by atoms with van der Waals surface area (Å²) < 4.78 is 1.84. The molecule has 0 atom stereocenters. The Hall–Kier alpha value is -2.70. The lowest BCUT2D eigenvalue weighted by molar-refractivity contribution is 0.282. The number of aliphatic hydroxyl groups excluding tert-OH is 1.